The minimum atomic E-state index is -4.73. The van der Waals surface area contributed by atoms with Crippen LogP contribution in [0.3, 0.4) is 0 Å². The van der Waals surface area contributed by atoms with Crippen LogP contribution in [0, 0.1) is 0 Å². The van der Waals surface area contributed by atoms with Gasteiger partial charge in [0, 0.05) is 12.8 Å². The van der Waals surface area contributed by atoms with Crippen LogP contribution in [0.15, 0.2) is 0 Å². The van der Waals surface area contributed by atoms with Crippen LogP contribution in [0.4, 0.5) is 0 Å². The molecule has 254 valence electrons. The van der Waals surface area contributed by atoms with Crippen LogP contribution in [0.1, 0.15) is 149 Å². The molecule has 0 aromatic rings. The molecule has 0 aliphatic heterocycles. The molecule has 12 heteroatoms. The molecule has 0 radical (unpaired) electrons. The maximum Gasteiger partial charge on any atom is 0.472 e. The summed E-state index contributed by atoms with van der Waals surface area (Å²) in [4.78, 5) is 45.3. The lowest BCUT2D eigenvalue weighted by Gasteiger charge is -2.18. The lowest BCUT2D eigenvalue weighted by molar-refractivity contribution is -0.147. The first-order chi connectivity index (χ1) is 20.6. The first-order valence-electron chi connectivity index (χ1n) is 16.6. The number of phosphoric acid groups is 1. The first kappa shape index (κ1) is 41.5. The molecule has 0 aromatic carbocycles. The zero-order valence-corrected chi connectivity index (χ0v) is 27.7. The molecule has 43 heavy (non-hydrogen) atoms. The van der Waals surface area contributed by atoms with Crippen LogP contribution < -0.4 is 5.32 Å². The van der Waals surface area contributed by atoms with Gasteiger partial charge in [-0.05, 0) is 12.8 Å². The zero-order valence-electron chi connectivity index (χ0n) is 26.8. The Morgan fingerprint density at radius 2 is 1.07 bits per heavy atom. The molecule has 3 unspecified atom stereocenters. The minimum absolute atomic E-state index is 0.149. The third-order valence-electron chi connectivity index (χ3n) is 7.15. The van der Waals surface area contributed by atoms with Crippen molar-refractivity contribution in [1.82, 2.24) is 5.32 Å². The second-order valence-electron chi connectivity index (χ2n) is 11.4. The van der Waals surface area contributed by atoms with Gasteiger partial charge in [-0.3, -0.25) is 18.6 Å². The molecule has 0 heterocycles. The molecule has 0 spiro atoms. The van der Waals surface area contributed by atoms with Crippen molar-refractivity contribution in [3.8, 4) is 0 Å². The molecule has 0 aliphatic carbocycles. The number of hydrogen-bond acceptors (Lipinski definition) is 8. The third-order valence-corrected chi connectivity index (χ3v) is 8.10. The number of carbonyl (C=O) groups is 3. The Kier molecular flexibility index (Phi) is 27.0. The van der Waals surface area contributed by atoms with Crippen molar-refractivity contribution in [3.05, 3.63) is 0 Å². The summed E-state index contributed by atoms with van der Waals surface area (Å²) in [6, 6.07) is -1.54. The summed E-state index contributed by atoms with van der Waals surface area (Å²) in [6.07, 6.45) is 20.2. The molecular formula is C31H60NO10P. The van der Waals surface area contributed by atoms with E-state index in [0.717, 1.165) is 38.5 Å². The van der Waals surface area contributed by atoms with E-state index in [1.807, 2.05) is 0 Å². The number of unbranched alkanes of at least 4 members (excludes halogenated alkanes) is 17. The van der Waals surface area contributed by atoms with Gasteiger partial charge in [0.2, 0.25) is 5.91 Å². The van der Waals surface area contributed by atoms with Crippen molar-refractivity contribution in [2.24, 2.45) is 0 Å². The predicted octanol–water partition coefficient (Wildman–Crippen LogP) is 6.83. The molecule has 11 nitrogen and oxygen atoms in total. The van der Waals surface area contributed by atoms with E-state index in [2.05, 4.69) is 19.2 Å². The molecule has 0 saturated heterocycles. The van der Waals surface area contributed by atoms with Crippen molar-refractivity contribution in [2.75, 3.05) is 19.8 Å². The second kappa shape index (κ2) is 28.0. The van der Waals surface area contributed by atoms with Gasteiger partial charge in [0.25, 0.3) is 0 Å². The van der Waals surface area contributed by atoms with Crippen molar-refractivity contribution in [2.45, 2.75) is 161 Å². The highest BCUT2D eigenvalue weighted by Gasteiger charge is 2.28. The normalized spacial score (nSPS) is 14.1. The standard InChI is InChI=1S/C31H60NO10P/c1-3-5-7-9-11-13-14-15-17-19-21-23-30(35)40-24-27(33)25-41-43(38,39)42-26-28(31(36)37)32-29(34)22-20-18-16-12-10-8-6-4-2/h27-28,33H,3-26H2,1-2H3,(H,32,34)(H,36,37)(H,38,39). The fourth-order valence-electron chi connectivity index (χ4n) is 4.49. The van der Waals surface area contributed by atoms with Gasteiger partial charge in [-0.15, -0.1) is 0 Å². The van der Waals surface area contributed by atoms with Gasteiger partial charge in [0.05, 0.1) is 13.2 Å². The summed E-state index contributed by atoms with van der Waals surface area (Å²) in [7, 11) is -4.73. The van der Waals surface area contributed by atoms with E-state index >= 15 is 0 Å². The van der Waals surface area contributed by atoms with E-state index in [1.165, 1.54) is 70.6 Å². The molecule has 0 fully saturated rings. The Labute approximate surface area is 259 Å². The summed E-state index contributed by atoms with van der Waals surface area (Å²) in [5, 5.41) is 21.6. The number of rotatable bonds is 31. The van der Waals surface area contributed by atoms with Crippen LogP contribution in [0.2, 0.25) is 0 Å². The van der Waals surface area contributed by atoms with Gasteiger partial charge >= 0.3 is 19.8 Å². The number of aliphatic carboxylic acids is 1. The monoisotopic (exact) mass is 637 g/mol. The SMILES string of the molecule is CCCCCCCCCCCCCC(=O)OCC(O)COP(=O)(O)OCC(NC(=O)CCCCCCCCCC)C(=O)O. The van der Waals surface area contributed by atoms with Crippen molar-refractivity contribution in [1.29, 1.82) is 0 Å². The van der Waals surface area contributed by atoms with Gasteiger partial charge in [-0.1, -0.05) is 123 Å². The quantitative estimate of drug-likeness (QED) is 0.0359. The highest BCUT2D eigenvalue weighted by molar-refractivity contribution is 7.47. The molecule has 0 aromatic heterocycles. The summed E-state index contributed by atoms with van der Waals surface area (Å²) >= 11 is 0. The number of esters is 1. The van der Waals surface area contributed by atoms with Crippen LogP contribution in [-0.2, 0) is 32.7 Å². The van der Waals surface area contributed by atoms with Crippen LogP contribution in [-0.4, -0.2) is 64.9 Å². The third kappa shape index (κ3) is 27.7. The maximum atomic E-state index is 12.1. The minimum Gasteiger partial charge on any atom is -0.480 e. The van der Waals surface area contributed by atoms with E-state index in [9.17, 15) is 34.1 Å². The number of aliphatic hydroxyl groups is 1. The molecule has 1 amide bonds. The number of hydrogen-bond donors (Lipinski definition) is 4. The van der Waals surface area contributed by atoms with Gasteiger partial charge < -0.3 is 25.2 Å². The van der Waals surface area contributed by atoms with E-state index in [-0.39, 0.29) is 12.8 Å². The Balaban J connectivity index is 4.01. The first-order valence-corrected chi connectivity index (χ1v) is 18.1. The molecule has 0 bridgehead atoms. The van der Waals surface area contributed by atoms with Crippen LogP contribution >= 0.6 is 7.82 Å². The number of carbonyl (C=O) groups excluding carboxylic acids is 2. The number of ether oxygens (including phenoxy) is 1. The number of carboxylic acid groups (broad SMARTS) is 1. The highest BCUT2D eigenvalue weighted by atomic mass is 31.2. The number of carboxylic acids is 1. The number of aliphatic hydroxyl groups excluding tert-OH is 1. The Morgan fingerprint density at radius 3 is 1.53 bits per heavy atom. The van der Waals surface area contributed by atoms with Gasteiger partial charge in [-0.25, -0.2) is 9.36 Å². The average molecular weight is 638 g/mol. The lowest BCUT2D eigenvalue weighted by Crippen LogP contribution is -2.43. The average Bonchev–Trinajstić information content (AvgIpc) is 2.97. The molecule has 4 N–H and O–H groups in total. The maximum absolute atomic E-state index is 12.1. The number of phosphoric ester groups is 1. The molecule has 0 aliphatic rings. The summed E-state index contributed by atoms with van der Waals surface area (Å²) in [5.41, 5.74) is 0. The largest absolute Gasteiger partial charge is 0.480 e. The van der Waals surface area contributed by atoms with Gasteiger partial charge in [-0.2, -0.15) is 0 Å². The second-order valence-corrected chi connectivity index (χ2v) is 12.8. The fraction of sp³-hybridized carbons (Fsp3) is 0.903. The Bertz CT molecular complexity index is 767. The topological polar surface area (TPSA) is 169 Å². The Hall–Kier alpha value is -1.52. The van der Waals surface area contributed by atoms with Crippen LogP contribution in [0.5, 0.6) is 0 Å². The Morgan fingerprint density at radius 1 is 0.651 bits per heavy atom. The summed E-state index contributed by atoms with van der Waals surface area (Å²) in [5.74, 6) is -2.37. The molecule has 0 saturated carbocycles. The van der Waals surface area contributed by atoms with Crippen molar-refractivity contribution < 1.29 is 47.8 Å². The van der Waals surface area contributed by atoms with E-state index < -0.39 is 57.6 Å². The summed E-state index contributed by atoms with van der Waals surface area (Å²) < 4.78 is 26.5. The van der Waals surface area contributed by atoms with E-state index in [1.54, 1.807) is 0 Å². The fourth-order valence-corrected chi connectivity index (χ4v) is 5.26. The van der Waals surface area contributed by atoms with Crippen molar-refractivity contribution in [3.63, 3.8) is 0 Å². The molecule has 3 atom stereocenters. The number of nitrogens with one attached hydrogen (secondary N) is 1. The zero-order chi connectivity index (χ0) is 32.2. The van der Waals surface area contributed by atoms with Gasteiger partial charge in [0.1, 0.15) is 12.7 Å². The lowest BCUT2D eigenvalue weighted by atomic mass is 10.1. The molecule has 0 rings (SSSR count). The highest BCUT2D eigenvalue weighted by Crippen LogP contribution is 2.43. The van der Waals surface area contributed by atoms with Crippen molar-refractivity contribution >= 4 is 25.7 Å². The van der Waals surface area contributed by atoms with Gasteiger partial charge in [0.15, 0.2) is 6.04 Å². The van der Waals surface area contributed by atoms with Crippen LogP contribution in [0.25, 0.3) is 0 Å². The smallest absolute Gasteiger partial charge is 0.472 e. The summed E-state index contributed by atoms with van der Waals surface area (Å²) in [6.45, 7) is 2.50. The predicted molar refractivity (Wildman–Crippen MR) is 167 cm³/mol. The van der Waals surface area contributed by atoms with E-state index in [4.69, 9.17) is 13.8 Å². The number of amides is 1. The van der Waals surface area contributed by atoms with E-state index in [0.29, 0.717) is 12.8 Å². The molecular weight excluding hydrogens is 577 g/mol.